The zero-order chi connectivity index (χ0) is 10.4. The summed E-state index contributed by atoms with van der Waals surface area (Å²) in [6.45, 7) is 9.55. The molecule has 1 heterocycles. The molecule has 1 fully saturated rings. The Morgan fingerprint density at radius 1 is 1.36 bits per heavy atom. The van der Waals surface area contributed by atoms with Crippen molar-refractivity contribution in [2.75, 3.05) is 0 Å². The molecule has 1 aliphatic heterocycles. The van der Waals surface area contributed by atoms with E-state index in [2.05, 4.69) is 20.1 Å². The second kappa shape index (κ2) is 5.48. The highest BCUT2D eigenvalue weighted by Crippen LogP contribution is 2.28. The highest BCUT2D eigenvalue weighted by Gasteiger charge is 2.19. The van der Waals surface area contributed by atoms with Crippen LogP contribution in [-0.4, -0.2) is 6.10 Å². The number of hydrogen-bond acceptors (Lipinski definition) is 1. The summed E-state index contributed by atoms with van der Waals surface area (Å²) in [5.74, 6) is 0.956. The van der Waals surface area contributed by atoms with Crippen molar-refractivity contribution in [3.8, 4) is 0 Å². The van der Waals surface area contributed by atoms with E-state index in [1.165, 1.54) is 5.57 Å². The van der Waals surface area contributed by atoms with Gasteiger partial charge in [0.2, 0.25) is 0 Å². The molecule has 1 rings (SSSR count). The first-order valence-electron chi connectivity index (χ1n) is 5.13. The van der Waals surface area contributed by atoms with Crippen LogP contribution in [0.4, 0.5) is 0 Å². The minimum atomic E-state index is 0.364. The Morgan fingerprint density at radius 2 is 2.07 bits per heavy atom. The predicted molar refractivity (Wildman–Crippen MR) is 61.0 cm³/mol. The van der Waals surface area contributed by atoms with Gasteiger partial charge in [0.25, 0.3) is 0 Å². The summed E-state index contributed by atoms with van der Waals surface area (Å²) in [6.07, 6.45) is 11.1. The van der Waals surface area contributed by atoms with E-state index in [4.69, 9.17) is 4.74 Å². The first kappa shape index (κ1) is 10.8. The minimum absolute atomic E-state index is 0.364. The first-order valence-corrected chi connectivity index (χ1v) is 5.13. The lowest BCUT2D eigenvalue weighted by atomic mass is 9.99. The van der Waals surface area contributed by atoms with Crippen LogP contribution in [0.2, 0.25) is 0 Å². The van der Waals surface area contributed by atoms with Gasteiger partial charge < -0.3 is 4.74 Å². The van der Waals surface area contributed by atoms with Crippen LogP contribution < -0.4 is 0 Å². The van der Waals surface area contributed by atoms with Gasteiger partial charge in [-0.1, -0.05) is 38.3 Å². The van der Waals surface area contributed by atoms with E-state index >= 15 is 0 Å². The van der Waals surface area contributed by atoms with Gasteiger partial charge in [-0.15, -0.1) is 0 Å². The highest BCUT2D eigenvalue weighted by atomic mass is 16.5. The molecule has 0 N–H and O–H groups in total. The molecule has 1 unspecified atom stereocenters. The molecule has 14 heavy (non-hydrogen) atoms. The van der Waals surface area contributed by atoms with E-state index < -0.39 is 0 Å². The molecule has 0 saturated carbocycles. The average Bonchev–Trinajstić information content (AvgIpc) is 2.21. The Labute approximate surface area is 86.5 Å². The second-order valence-electron chi connectivity index (χ2n) is 3.38. The lowest BCUT2D eigenvalue weighted by molar-refractivity contribution is 0.0919. The molecule has 0 aromatic carbocycles. The van der Waals surface area contributed by atoms with Crippen LogP contribution in [0.3, 0.4) is 0 Å². The Bertz CT molecular complexity index is 271. The molecule has 76 valence electrons. The monoisotopic (exact) mass is 190 g/mol. The van der Waals surface area contributed by atoms with Crippen LogP contribution in [0.25, 0.3) is 0 Å². The third-order valence-electron chi connectivity index (χ3n) is 2.39. The van der Waals surface area contributed by atoms with Crippen molar-refractivity contribution in [3.05, 3.63) is 48.8 Å². The zero-order valence-electron chi connectivity index (χ0n) is 8.83. The minimum Gasteiger partial charge on any atom is -0.490 e. The van der Waals surface area contributed by atoms with Gasteiger partial charge in [-0.2, -0.15) is 0 Å². The molecule has 0 aliphatic carbocycles. The molecule has 0 amide bonds. The molecular weight excluding hydrogens is 172 g/mol. The van der Waals surface area contributed by atoms with Gasteiger partial charge in [-0.25, -0.2) is 0 Å². The number of hydrogen-bond donors (Lipinski definition) is 0. The lowest BCUT2D eigenvalue weighted by Crippen LogP contribution is -2.18. The zero-order valence-corrected chi connectivity index (χ0v) is 8.83. The maximum absolute atomic E-state index is 5.81. The summed E-state index contributed by atoms with van der Waals surface area (Å²) in [5.41, 5.74) is 1.23. The molecule has 0 aromatic rings. The maximum Gasteiger partial charge on any atom is 0.122 e. The van der Waals surface area contributed by atoms with Gasteiger partial charge in [-0.3, -0.25) is 0 Å². The van der Waals surface area contributed by atoms with Crippen molar-refractivity contribution in [1.82, 2.24) is 0 Å². The molecule has 0 aromatic heterocycles. The topological polar surface area (TPSA) is 9.23 Å². The van der Waals surface area contributed by atoms with E-state index in [9.17, 15) is 0 Å². The van der Waals surface area contributed by atoms with Crippen LogP contribution in [0.5, 0.6) is 0 Å². The van der Waals surface area contributed by atoms with Crippen LogP contribution in [0.1, 0.15) is 26.2 Å². The number of allylic oxidation sites excluding steroid dienone is 5. The van der Waals surface area contributed by atoms with Crippen molar-refractivity contribution >= 4 is 0 Å². The van der Waals surface area contributed by atoms with E-state index in [0.29, 0.717) is 6.10 Å². The molecule has 0 spiro atoms. The second-order valence-corrected chi connectivity index (χ2v) is 3.38. The largest absolute Gasteiger partial charge is 0.490 e. The first-order chi connectivity index (χ1) is 6.81. The third kappa shape index (κ3) is 2.63. The summed E-state index contributed by atoms with van der Waals surface area (Å²) in [4.78, 5) is 0. The molecule has 0 radical (unpaired) electrons. The van der Waals surface area contributed by atoms with Crippen LogP contribution in [-0.2, 0) is 4.74 Å². The third-order valence-corrected chi connectivity index (χ3v) is 2.39. The van der Waals surface area contributed by atoms with Gasteiger partial charge in [0, 0.05) is 0 Å². The summed E-state index contributed by atoms with van der Waals surface area (Å²) >= 11 is 0. The Morgan fingerprint density at radius 3 is 2.64 bits per heavy atom. The molecule has 1 saturated heterocycles. The average molecular weight is 190 g/mol. The predicted octanol–water partition coefficient (Wildman–Crippen LogP) is 3.76. The lowest BCUT2D eigenvalue weighted by Gasteiger charge is -2.27. The number of rotatable bonds is 3. The maximum atomic E-state index is 5.81. The molecule has 1 aliphatic rings. The molecule has 1 heteroatoms. The van der Waals surface area contributed by atoms with E-state index in [-0.39, 0.29) is 0 Å². The fourth-order valence-corrected chi connectivity index (χ4v) is 1.60. The fourth-order valence-electron chi connectivity index (χ4n) is 1.60. The van der Waals surface area contributed by atoms with Crippen molar-refractivity contribution in [2.45, 2.75) is 32.3 Å². The Hall–Kier alpha value is -1.24. The van der Waals surface area contributed by atoms with Gasteiger partial charge in [-0.05, 0) is 30.9 Å². The standard InChI is InChI=1S/C13H18O/c1-4-7-11-9-10-12(6-3)14-13(11)8-5-2/h4-5,7-8,12H,1-2,6,9-10H2,3H3/b11-7-,13-8+. The van der Waals surface area contributed by atoms with E-state index in [1.54, 1.807) is 6.08 Å². The van der Waals surface area contributed by atoms with E-state index in [0.717, 1.165) is 25.0 Å². The molecule has 1 nitrogen and oxygen atoms in total. The van der Waals surface area contributed by atoms with Crippen LogP contribution in [0, 0.1) is 0 Å². The molecule has 0 bridgehead atoms. The smallest absolute Gasteiger partial charge is 0.122 e. The summed E-state index contributed by atoms with van der Waals surface area (Å²) in [7, 11) is 0. The van der Waals surface area contributed by atoms with Gasteiger partial charge in [0.1, 0.15) is 5.76 Å². The van der Waals surface area contributed by atoms with Crippen molar-refractivity contribution in [3.63, 3.8) is 0 Å². The molecule has 1 atom stereocenters. The normalized spacial score (nSPS) is 27.4. The van der Waals surface area contributed by atoms with Gasteiger partial charge in [0.05, 0.1) is 6.10 Å². The molecular formula is C13H18O. The Balaban J connectivity index is 2.80. The van der Waals surface area contributed by atoms with Gasteiger partial charge in [0.15, 0.2) is 0 Å². The SMILES string of the molecule is C=C/C=C1/CCC(CC)O/C1=C/C=C. The highest BCUT2D eigenvalue weighted by molar-refractivity contribution is 5.32. The van der Waals surface area contributed by atoms with Crippen LogP contribution >= 0.6 is 0 Å². The summed E-state index contributed by atoms with van der Waals surface area (Å²) in [5, 5.41) is 0. The Kier molecular flexibility index (Phi) is 4.24. The van der Waals surface area contributed by atoms with Crippen molar-refractivity contribution in [1.29, 1.82) is 0 Å². The van der Waals surface area contributed by atoms with Gasteiger partial charge >= 0.3 is 0 Å². The van der Waals surface area contributed by atoms with Crippen LogP contribution in [0.15, 0.2) is 48.8 Å². The fraction of sp³-hybridized carbons (Fsp3) is 0.385. The quantitative estimate of drug-likeness (QED) is 0.658. The van der Waals surface area contributed by atoms with Crippen molar-refractivity contribution in [2.24, 2.45) is 0 Å². The number of ether oxygens (including phenoxy) is 1. The van der Waals surface area contributed by atoms with E-state index in [1.807, 2.05) is 18.2 Å². The summed E-state index contributed by atoms with van der Waals surface area (Å²) in [6, 6.07) is 0. The summed E-state index contributed by atoms with van der Waals surface area (Å²) < 4.78 is 5.81. The van der Waals surface area contributed by atoms with Crippen molar-refractivity contribution < 1.29 is 4.74 Å².